The van der Waals surface area contributed by atoms with Crippen molar-refractivity contribution in [1.82, 2.24) is 5.32 Å². The Bertz CT molecular complexity index is 355. The molecule has 0 aromatic heterocycles. The number of hydrogen-bond acceptors (Lipinski definition) is 2. The number of carbonyl (C=O) groups is 1. The zero-order valence-corrected chi connectivity index (χ0v) is 11.1. The Hall–Kier alpha value is -1.03. The van der Waals surface area contributed by atoms with Crippen molar-refractivity contribution in [2.75, 3.05) is 12.4 Å². The largest absolute Gasteiger partial charge is 0.496 e. The highest BCUT2D eigenvalue weighted by Crippen LogP contribution is 2.24. The van der Waals surface area contributed by atoms with Crippen LogP contribution in [0.1, 0.15) is 24.9 Å². The van der Waals surface area contributed by atoms with E-state index in [4.69, 9.17) is 4.74 Å². The average molecular weight is 286 g/mol. The summed E-state index contributed by atoms with van der Waals surface area (Å²) < 4.78 is 5.25. The van der Waals surface area contributed by atoms with Crippen LogP contribution in [0.2, 0.25) is 0 Å². The minimum Gasteiger partial charge on any atom is -0.496 e. The van der Waals surface area contributed by atoms with Crippen LogP contribution < -0.4 is 10.1 Å². The summed E-state index contributed by atoms with van der Waals surface area (Å²) in [5, 5.41) is 3.60. The predicted octanol–water partition coefficient (Wildman–Crippen LogP) is 2.66. The van der Waals surface area contributed by atoms with E-state index in [-0.39, 0.29) is 11.9 Å². The molecule has 16 heavy (non-hydrogen) atoms. The zero-order chi connectivity index (χ0) is 12.0. The fourth-order valence-electron chi connectivity index (χ4n) is 1.50. The van der Waals surface area contributed by atoms with Crippen LogP contribution in [0.5, 0.6) is 5.75 Å². The number of halogens is 1. The van der Waals surface area contributed by atoms with E-state index in [1.54, 1.807) is 7.11 Å². The highest BCUT2D eigenvalue weighted by atomic mass is 79.9. The summed E-state index contributed by atoms with van der Waals surface area (Å²) in [4.78, 5) is 11.4. The third kappa shape index (κ3) is 3.52. The number of methoxy groups -OCH3 is 1. The predicted molar refractivity (Wildman–Crippen MR) is 68.0 cm³/mol. The molecule has 0 aliphatic rings. The summed E-state index contributed by atoms with van der Waals surface area (Å²) in [6.07, 6.45) is 0.486. The maximum absolute atomic E-state index is 11.4. The first-order valence-corrected chi connectivity index (χ1v) is 6.29. The molecule has 88 valence electrons. The molecule has 3 nitrogen and oxygen atoms in total. The number of alkyl halides is 1. The number of amides is 1. The lowest BCUT2D eigenvalue weighted by molar-refractivity contribution is -0.121. The van der Waals surface area contributed by atoms with Crippen molar-refractivity contribution in [1.29, 1.82) is 0 Å². The molecule has 1 N–H and O–H groups in total. The highest BCUT2D eigenvalue weighted by molar-refractivity contribution is 9.09. The minimum atomic E-state index is -0.0392. The molecule has 0 heterocycles. The molecule has 0 aliphatic heterocycles. The van der Waals surface area contributed by atoms with Crippen LogP contribution in [-0.2, 0) is 4.79 Å². The van der Waals surface area contributed by atoms with Crippen molar-refractivity contribution >= 4 is 21.8 Å². The van der Waals surface area contributed by atoms with Gasteiger partial charge >= 0.3 is 0 Å². The second kappa shape index (κ2) is 6.53. The van der Waals surface area contributed by atoms with Crippen molar-refractivity contribution < 1.29 is 9.53 Å². The second-order valence-electron chi connectivity index (χ2n) is 3.47. The Labute approximate surface area is 104 Å². The standard InChI is InChI=1S/C12H16BrNO2/c1-9(14-12(15)7-8-13)10-5-3-4-6-11(10)16-2/h3-6,9H,7-8H2,1-2H3,(H,14,15)/t9-/m1/s1. The molecule has 0 fully saturated rings. The van der Waals surface area contributed by atoms with Crippen LogP contribution in [0.3, 0.4) is 0 Å². The van der Waals surface area contributed by atoms with Crippen LogP contribution in [0.15, 0.2) is 24.3 Å². The zero-order valence-electron chi connectivity index (χ0n) is 9.50. The first-order valence-electron chi connectivity index (χ1n) is 5.17. The number of ether oxygens (including phenoxy) is 1. The van der Waals surface area contributed by atoms with Crippen LogP contribution in [0.4, 0.5) is 0 Å². The fourth-order valence-corrected chi connectivity index (χ4v) is 1.86. The van der Waals surface area contributed by atoms with Gasteiger partial charge < -0.3 is 10.1 Å². The first kappa shape index (κ1) is 13.0. The lowest BCUT2D eigenvalue weighted by Gasteiger charge is -2.16. The molecule has 0 saturated carbocycles. The van der Waals surface area contributed by atoms with Gasteiger partial charge in [0, 0.05) is 17.3 Å². The summed E-state index contributed by atoms with van der Waals surface area (Å²) in [6, 6.07) is 7.66. The number of nitrogens with one attached hydrogen (secondary N) is 1. The average Bonchev–Trinajstić information content (AvgIpc) is 2.29. The molecule has 0 aliphatic carbocycles. The van der Waals surface area contributed by atoms with Gasteiger partial charge in [-0.2, -0.15) is 0 Å². The van der Waals surface area contributed by atoms with Gasteiger partial charge in [-0.1, -0.05) is 34.1 Å². The van der Waals surface area contributed by atoms with E-state index >= 15 is 0 Å². The number of benzene rings is 1. The van der Waals surface area contributed by atoms with Crippen LogP contribution >= 0.6 is 15.9 Å². The van der Waals surface area contributed by atoms with Crippen molar-refractivity contribution in [3.05, 3.63) is 29.8 Å². The summed E-state index contributed by atoms with van der Waals surface area (Å²) in [5.41, 5.74) is 0.993. The van der Waals surface area contributed by atoms with Gasteiger partial charge in [0.25, 0.3) is 0 Å². The Balaban J connectivity index is 2.72. The maximum Gasteiger partial charge on any atom is 0.221 e. The van der Waals surface area contributed by atoms with Gasteiger partial charge in [0.1, 0.15) is 5.75 Å². The van der Waals surface area contributed by atoms with Gasteiger partial charge in [-0.15, -0.1) is 0 Å². The van der Waals surface area contributed by atoms with Gasteiger partial charge in [0.2, 0.25) is 5.91 Å². The first-order chi connectivity index (χ1) is 7.69. The van der Waals surface area contributed by atoms with Crippen molar-refractivity contribution in [2.45, 2.75) is 19.4 Å². The molecular weight excluding hydrogens is 270 g/mol. The molecule has 0 unspecified atom stereocenters. The molecule has 1 aromatic rings. The smallest absolute Gasteiger partial charge is 0.221 e. The second-order valence-corrected chi connectivity index (χ2v) is 4.26. The van der Waals surface area contributed by atoms with Gasteiger partial charge in [-0.05, 0) is 13.0 Å². The lowest BCUT2D eigenvalue weighted by Crippen LogP contribution is -2.26. The molecule has 4 heteroatoms. The monoisotopic (exact) mass is 285 g/mol. The van der Waals surface area contributed by atoms with E-state index in [0.29, 0.717) is 11.8 Å². The number of rotatable bonds is 5. The minimum absolute atomic E-state index is 0.0373. The summed E-state index contributed by atoms with van der Waals surface area (Å²) >= 11 is 3.24. The van der Waals surface area contributed by atoms with Gasteiger partial charge in [-0.3, -0.25) is 4.79 Å². The van der Waals surface area contributed by atoms with Gasteiger partial charge in [0.15, 0.2) is 0 Å². The van der Waals surface area contributed by atoms with Crippen molar-refractivity contribution in [3.8, 4) is 5.75 Å². The number of para-hydroxylation sites is 1. The fraction of sp³-hybridized carbons (Fsp3) is 0.417. The molecule has 1 aromatic carbocycles. The number of hydrogen-bond donors (Lipinski definition) is 1. The van der Waals surface area contributed by atoms with Gasteiger partial charge in [0.05, 0.1) is 13.2 Å². The molecule has 0 spiro atoms. The van der Waals surface area contributed by atoms with E-state index in [1.807, 2.05) is 31.2 Å². The quantitative estimate of drug-likeness (QED) is 0.845. The third-order valence-corrected chi connectivity index (χ3v) is 2.70. The van der Waals surface area contributed by atoms with E-state index in [9.17, 15) is 4.79 Å². The Kier molecular flexibility index (Phi) is 5.32. The highest BCUT2D eigenvalue weighted by Gasteiger charge is 2.12. The summed E-state index contributed by atoms with van der Waals surface area (Å²) in [7, 11) is 1.63. The molecular formula is C12H16BrNO2. The van der Waals surface area contributed by atoms with Crippen molar-refractivity contribution in [3.63, 3.8) is 0 Å². The van der Waals surface area contributed by atoms with Crippen molar-refractivity contribution in [2.24, 2.45) is 0 Å². The van der Waals surface area contributed by atoms with E-state index in [1.165, 1.54) is 0 Å². The normalized spacial score (nSPS) is 11.9. The van der Waals surface area contributed by atoms with E-state index in [2.05, 4.69) is 21.2 Å². The summed E-state index contributed by atoms with van der Waals surface area (Å²) in [6.45, 7) is 1.95. The van der Waals surface area contributed by atoms with Crippen LogP contribution in [0.25, 0.3) is 0 Å². The third-order valence-electron chi connectivity index (χ3n) is 2.30. The van der Waals surface area contributed by atoms with Crippen LogP contribution in [0, 0.1) is 0 Å². The number of carbonyl (C=O) groups excluding carboxylic acids is 1. The molecule has 1 atom stereocenters. The molecule has 1 amide bonds. The molecule has 0 saturated heterocycles. The lowest BCUT2D eigenvalue weighted by atomic mass is 10.1. The Morgan fingerprint density at radius 3 is 2.81 bits per heavy atom. The molecule has 1 rings (SSSR count). The topological polar surface area (TPSA) is 38.3 Å². The maximum atomic E-state index is 11.4. The van der Waals surface area contributed by atoms with E-state index in [0.717, 1.165) is 11.3 Å². The Morgan fingerprint density at radius 1 is 1.50 bits per heavy atom. The molecule has 0 bridgehead atoms. The van der Waals surface area contributed by atoms with Gasteiger partial charge in [-0.25, -0.2) is 0 Å². The van der Waals surface area contributed by atoms with Crippen LogP contribution in [-0.4, -0.2) is 18.3 Å². The Morgan fingerprint density at radius 2 is 2.19 bits per heavy atom. The molecule has 0 radical (unpaired) electrons. The van der Waals surface area contributed by atoms with E-state index < -0.39 is 0 Å². The summed E-state index contributed by atoms with van der Waals surface area (Å²) in [5.74, 6) is 0.837. The SMILES string of the molecule is COc1ccccc1[C@@H](C)NC(=O)CCBr.